The van der Waals surface area contributed by atoms with Gasteiger partial charge in [-0.1, -0.05) is 182 Å². The van der Waals surface area contributed by atoms with Crippen LogP contribution in [0.25, 0.3) is 0 Å². The summed E-state index contributed by atoms with van der Waals surface area (Å²) in [4.78, 5) is 0. The topological polar surface area (TPSA) is 151 Å². The Morgan fingerprint density at radius 3 is 1.08 bits per heavy atom. The minimum atomic E-state index is -1.45. The number of hydrogen-bond acceptors (Lipinski definition) is 14. The first-order valence-corrected chi connectivity index (χ1v) is 25.6. The molecule has 6 aromatic rings. The van der Waals surface area contributed by atoms with Crippen molar-refractivity contribution in [2.24, 2.45) is 0 Å². The number of hydrogen-bond donors (Lipinski definition) is 2. The van der Waals surface area contributed by atoms with Gasteiger partial charge < -0.3 is 67.1 Å². The first kappa shape index (κ1) is 54.1. The van der Waals surface area contributed by atoms with Crippen molar-refractivity contribution >= 4 is 0 Å². The number of methoxy groups -OCH3 is 1. The van der Waals surface area contributed by atoms with Crippen LogP contribution in [-0.2, 0) is 96.5 Å². The average Bonchev–Trinajstić information content (AvgIpc) is 3.45. The summed E-state index contributed by atoms with van der Waals surface area (Å²) < 4.78 is 81.4. The lowest BCUT2D eigenvalue weighted by atomic mass is 9.95. The minimum absolute atomic E-state index is 0.0243. The van der Waals surface area contributed by atoms with E-state index >= 15 is 0 Å². The fraction of sp³-hybridized carbons (Fsp3) is 0.377. The maximum atomic E-state index is 11.4. The number of allylic oxidation sites excluding steroid dienone is 1. The highest BCUT2D eigenvalue weighted by molar-refractivity contribution is 5.18. The molecule has 0 amide bonds. The Morgan fingerprint density at radius 1 is 0.387 bits per heavy atom. The summed E-state index contributed by atoms with van der Waals surface area (Å²) in [5.41, 5.74) is 5.57. The molecule has 13 atom stereocenters. The zero-order valence-electron chi connectivity index (χ0n) is 42.4. The minimum Gasteiger partial charge on any atom is -0.467 e. The fourth-order valence-corrected chi connectivity index (χ4v) is 9.40. The van der Waals surface area contributed by atoms with Gasteiger partial charge in [-0.3, -0.25) is 0 Å². The lowest BCUT2D eigenvalue weighted by molar-refractivity contribution is -0.383. The highest BCUT2D eigenvalue weighted by atomic mass is 16.8. The highest BCUT2D eigenvalue weighted by Crippen LogP contribution is 2.38. The van der Waals surface area contributed by atoms with Crippen molar-refractivity contribution in [3.63, 3.8) is 0 Å². The average molecular weight is 1030 g/mol. The van der Waals surface area contributed by atoms with E-state index in [0.717, 1.165) is 33.4 Å². The largest absolute Gasteiger partial charge is 0.467 e. The molecule has 0 unspecified atom stereocenters. The number of ether oxygens (including phenoxy) is 12. The first-order valence-electron chi connectivity index (χ1n) is 25.6. The second-order valence-electron chi connectivity index (χ2n) is 18.8. The van der Waals surface area contributed by atoms with Gasteiger partial charge in [0.1, 0.15) is 61.0 Å². The van der Waals surface area contributed by atoms with E-state index in [9.17, 15) is 10.2 Å². The van der Waals surface area contributed by atoms with Gasteiger partial charge in [-0.15, -0.1) is 0 Å². The highest BCUT2D eigenvalue weighted by Gasteiger charge is 2.55. The predicted octanol–water partition coefficient (Wildman–Crippen LogP) is 8.61. The van der Waals surface area contributed by atoms with E-state index in [1.807, 2.05) is 182 Å². The summed E-state index contributed by atoms with van der Waals surface area (Å²) in [6, 6.07) is 59.0. The van der Waals surface area contributed by atoms with Crippen molar-refractivity contribution in [2.45, 2.75) is 126 Å². The van der Waals surface area contributed by atoms with Gasteiger partial charge >= 0.3 is 0 Å². The van der Waals surface area contributed by atoms with Crippen molar-refractivity contribution < 1.29 is 67.1 Å². The Morgan fingerprint density at radius 2 is 0.707 bits per heavy atom. The molecule has 0 aromatic heterocycles. The summed E-state index contributed by atoms with van der Waals surface area (Å²) in [6.45, 7) is 2.94. The molecule has 14 heteroatoms. The Balaban J connectivity index is 1.12. The van der Waals surface area contributed by atoms with Crippen LogP contribution < -0.4 is 0 Å². The molecule has 396 valence electrons. The third kappa shape index (κ3) is 15.3. The normalized spacial score (nSPS) is 27.8. The lowest BCUT2D eigenvalue weighted by Gasteiger charge is -2.50. The van der Waals surface area contributed by atoms with E-state index in [0.29, 0.717) is 12.4 Å². The van der Waals surface area contributed by atoms with Gasteiger partial charge in [0.25, 0.3) is 0 Å². The van der Waals surface area contributed by atoms with Crippen LogP contribution in [0.2, 0.25) is 0 Å². The number of benzene rings is 6. The predicted molar refractivity (Wildman–Crippen MR) is 277 cm³/mol. The quantitative estimate of drug-likeness (QED) is 0.0563. The second kappa shape index (κ2) is 27.9. The standard InChI is InChI=1S/C61H68O14/c1-42-33-49(62)52(63)59(71-42)74-53-51(41-66-35-44-23-11-4-12-24-44)73-61(58(70-39-48-31-19-8-20-32-48)56(53)68-37-46-27-15-6-16-28-46)75-54-50(40-65-34-43-21-9-3-10-22-43)72-60(64-2)57(69-38-47-29-17-7-18-30-47)55(54)67-36-45-25-13-5-14-26-45/h3-33,49-63H,34-41H2,1-2H3/t49-,50+,51+,52+,53+,54+,55-,56-,57+,58+,59-,60+,61-/m0/s1. The third-order valence-electron chi connectivity index (χ3n) is 13.3. The molecule has 2 saturated heterocycles. The van der Waals surface area contributed by atoms with Crippen LogP contribution in [0.1, 0.15) is 40.3 Å². The van der Waals surface area contributed by atoms with Crippen LogP contribution in [0, 0.1) is 0 Å². The summed E-state index contributed by atoms with van der Waals surface area (Å²) in [7, 11) is 1.58. The van der Waals surface area contributed by atoms with Crippen molar-refractivity contribution in [2.75, 3.05) is 20.3 Å². The molecule has 0 spiro atoms. The van der Waals surface area contributed by atoms with Gasteiger partial charge in [-0.2, -0.15) is 0 Å². The summed E-state index contributed by atoms with van der Waals surface area (Å²) in [6.07, 6.45) is -12.2. The summed E-state index contributed by atoms with van der Waals surface area (Å²) in [5.74, 6) is 0.379. The summed E-state index contributed by atoms with van der Waals surface area (Å²) >= 11 is 0. The second-order valence-corrected chi connectivity index (χ2v) is 18.8. The Kier molecular flexibility index (Phi) is 20.2. The van der Waals surface area contributed by atoms with Crippen molar-refractivity contribution in [3.8, 4) is 0 Å². The molecule has 0 saturated carbocycles. The fourth-order valence-electron chi connectivity index (χ4n) is 9.40. The van der Waals surface area contributed by atoms with Gasteiger partial charge in [0.2, 0.25) is 6.29 Å². The molecule has 75 heavy (non-hydrogen) atoms. The van der Waals surface area contributed by atoms with E-state index < -0.39 is 79.9 Å². The van der Waals surface area contributed by atoms with Gasteiger partial charge in [0, 0.05) is 7.11 Å². The van der Waals surface area contributed by atoms with Crippen LogP contribution in [-0.4, -0.2) is 110 Å². The molecule has 2 N–H and O–H groups in total. The molecule has 0 bridgehead atoms. The van der Waals surface area contributed by atoms with Gasteiger partial charge in [0.05, 0.1) is 58.6 Å². The van der Waals surface area contributed by atoms with Crippen LogP contribution in [0.5, 0.6) is 0 Å². The van der Waals surface area contributed by atoms with Gasteiger partial charge in [-0.05, 0) is 46.4 Å². The van der Waals surface area contributed by atoms with Crippen molar-refractivity contribution in [1.82, 2.24) is 0 Å². The van der Waals surface area contributed by atoms with E-state index in [2.05, 4.69) is 0 Å². The van der Waals surface area contributed by atoms with Gasteiger partial charge in [0.15, 0.2) is 12.6 Å². The lowest BCUT2D eigenvalue weighted by Crippen LogP contribution is -2.67. The van der Waals surface area contributed by atoms with Crippen molar-refractivity contribution in [3.05, 3.63) is 227 Å². The number of aliphatic hydroxyl groups is 2. The van der Waals surface area contributed by atoms with Gasteiger partial charge in [-0.25, -0.2) is 0 Å². The monoisotopic (exact) mass is 1020 g/mol. The Hall–Kier alpha value is -5.66. The Labute approximate surface area is 439 Å². The smallest absolute Gasteiger partial charge is 0.228 e. The number of aliphatic hydroxyl groups excluding tert-OH is 2. The van der Waals surface area contributed by atoms with E-state index in [1.54, 1.807) is 14.0 Å². The molecule has 9 rings (SSSR count). The molecule has 6 aromatic carbocycles. The van der Waals surface area contributed by atoms with Crippen LogP contribution in [0.4, 0.5) is 0 Å². The van der Waals surface area contributed by atoms with E-state index in [1.165, 1.54) is 6.08 Å². The van der Waals surface area contributed by atoms with E-state index in [4.69, 9.17) is 56.8 Å². The molecule has 3 aliphatic rings. The van der Waals surface area contributed by atoms with Crippen LogP contribution >= 0.6 is 0 Å². The molecule has 0 aliphatic carbocycles. The summed E-state index contributed by atoms with van der Waals surface area (Å²) in [5, 5.41) is 22.4. The first-order chi connectivity index (χ1) is 36.9. The molecule has 3 aliphatic heterocycles. The molecule has 2 fully saturated rings. The van der Waals surface area contributed by atoms with E-state index in [-0.39, 0.29) is 46.2 Å². The van der Waals surface area contributed by atoms with Crippen molar-refractivity contribution in [1.29, 1.82) is 0 Å². The SMILES string of the molecule is CO[C@@H]1O[C@H](COCc2ccccc2)[C@@H](O[C@@H]2O[C@H](COCc3ccccc3)[C@@H](O[C@@H]3OC(C)=C[C@H](O)[C@H]3O)[C@H](OCc3ccccc3)[C@H]2OCc2ccccc2)[C@H](OCc2ccccc2)[C@H]1OCc1ccccc1. The third-order valence-corrected chi connectivity index (χ3v) is 13.3. The van der Waals surface area contributed by atoms with Crippen LogP contribution in [0.15, 0.2) is 194 Å². The molecule has 3 heterocycles. The maximum Gasteiger partial charge on any atom is 0.228 e. The molecule has 14 nitrogen and oxygen atoms in total. The maximum absolute atomic E-state index is 11.4. The molecular formula is C61H68O14. The number of rotatable bonds is 25. The zero-order valence-corrected chi connectivity index (χ0v) is 42.4. The zero-order chi connectivity index (χ0) is 51.6. The Bertz CT molecular complexity index is 2560. The molecular weight excluding hydrogens is 957 g/mol. The molecule has 0 radical (unpaired) electrons. The van der Waals surface area contributed by atoms with Crippen LogP contribution in [0.3, 0.4) is 0 Å².